The average molecular weight is 256 g/mol. The smallest absolute Gasteiger partial charge is 0.121 e. The zero-order valence-corrected chi connectivity index (χ0v) is 11.6. The van der Waals surface area contributed by atoms with E-state index in [1.807, 2.05) is 24.3 Å². The van der Waals surface area contributed by atoms with Gasteiger partial charge in [-0.15, -0.1) is 0 Å². The van der Waals surface area contributed by atoms with Gasteiger partial charge in [-0.25, -0.2) is 0 Å². The van der Waals surface area contributed by atoms with Crippen LogP contribution in [0.15, 0.2) is 24.3 Å². The molecule has 1 aromatic carbocycles. The Balaban J connectivity index is 2.59. The maximum atomic E-state index is 5.93. The normalized spacial score (nSPS) is 14.4. The van der Waals surface area contributed by atoms with E-state index in [9.17, 15) is 0 Å². The maximum absolute atomic E-state index is 5.93. The Bertz CT molecular complexity index is 324. The Kier molecular flexibility index (Phi) is 6.38. The molecule has 0 aliphatic rings. The highest BCUT2D eigenvalue weighted by atomic mass is 35.5. The van der Waals surface area contributed by atoms with Crippen LogP contribution in [0, 0.1) is 0 Å². The minimum atomic E-state index is 0.147. The minimum Gasteiger partial charge on any atom is -0.489 e. The lowest BCUT2D eigenvalue weighted by Gasteiger charge is -2.25. The van der Waals surface area contributed by atoms with Crippen molar-refractivity contribution in [1.82, 2.24) is 5.32 Å². The number of nitrogens with one attached hydrogen (secondary N) is 1. The third kappa shape index (κ3) is 4.97. The topological polar surface area (TPSA) is 21.3 Å². The minimum absolute atomic E-state index is 0.147. The lowest BCUT2D eigenvalue weighted by molar-refractivity contribution is 0.165. The predicted octanol–water partition coefficient (Wildman–Crippen LogP) is 3.89. The van der Waals surface area contributed by atoms with E-state index in [0.717, 1.165) is 25.1 Å². The van der Waals surface area contributed by atoms with Gasteiger partial charge in [0.1, 0.15) is 11.9 Å². The Morgan fingerprint density at radius 3 is 2.71 bits per heavy atom. The van der Waals surface area contributed by atoms with Crippen LogP contribution in [0.2, 0.25) is 5.02 Å². The molecule has 0 aliphatic carbocycles. The molecule has 1 aromatic rings. The first-order chi connectivity index (χ1) is 8.17. The van der Waals surface area contributed by atoms with Crippen LogP contribution < -0.4 is 10.1 Å². The molecule has 0 heterocycles. The van der Waals surface area contributed by atoms with Gasteiger partial charge in [-0.1, -0.05) is 37.9 Å². The third-order valence-electron chi connectivity index (χ3n) is 2.75. The highest BCUT2D eigenvalue weighted by molar-refractivity contribution is 6.30. The summed E-state index contributed by atoms with van der Waals surface area (Å²) in [5, 5.41) is 4.17. The lowest BCUT2D eigenvalue weighted by Crippen LogP contribution is -2.41. The van der Waals surface area contributed by atoms with Crippen molar-refractivity contribution in [2.45, 2.75) is 45.8 Å². The Hall–Kier alpha value is -0.730. The van der Waals surface area contributed by atoms with Gasteiger partial charge >= 0.3 is 0 Å². The van der Waals surface area contributed by atoms with E-state index < -0.39 is 0 Å². The van der Waals surface area contributed by atoms with Gasteiger partial charge in [-0.3, -0.25) is 0 Å². The molecule has 0 saturated heterocycles. The van der Waals surface area contributed by atoms with Gasteiger partial charge in [0.2, 0.25) is 0 Å². The molecule has 0 bridgehead atoms. The van der Waals surface area contributed by atoms with Crippen molar-refractivity contribution in [2.24, 2.45) is 0 Å². The zero-order valence-electron chi connectivity index (χ0n) is 10.9. The molecule has 0 spiro atoms. The van der Waals surface area contributed by atoms with E-state index in [0.29, 0.717) is 11.1 Å². The fourth-order valence-electron chi connectivity index (χ4n) is 1.91. The van der Waals surface area contributed by atoms with Gasteiger partial charge in [-0.05, 0) is 38.1 Å². The van der Waals surface area contributed by atoms with E-state index >= 15 is 0 Å². The van der Waals surface area contributed by atoms with Crippen molar-refractivity contribution >= 4 is 11.6 Å². The molecule has 0 radical (unpaired) electrons. The van der Waals surface area contributed by atoms with Crippen molar-refractivity contribution in [3.8, 4) is 5.75 Å². The Morgan fingerprint density at radius 1 is 1.35 bits per heavy atom. The first-order valence-electron chi connectivity index (χ1n) is 6.33. The molecule has 0 aromatic heterocycles. The summed E-state index contributed by atoms with van der Waals surface area (Å²) in [5.41, 5.74) is 0. The summed E-state index contributed by atoms with van der Waals surface area (Å²) in [6.45, 7) is 7.38. The molecular weight excluding hydrogens is 234 g/mol. The highest BCUT2D eigenvalue weighted by Crippen LogP contribution is 2.19. The Morgan fingerprint density at radius 2 is 2.12 bits per heavy atom. The van der Waals surface area contributed by atoms with Crippen LogP contribution in [-0.4, -0.2) is 18.7 Å². The molecule has 1 N–H and O–H groups in total. The van der Waals surface area contributed by atoms with Crippen molar-refractivity contribution in [3.05, 3.63) is 29.3 Å². The predicted molar refractivity (Wildman–Crippen MR) is 73.9 cm³/mol. The second kappa shape index (κ2) is 7.57. The van der Waals surface area contributed by atoms with Crippen LogP contribution in [0.25, 0.3) is 0 Å². The summed E-state index contributed by atoms with van der Waals surface area (Å²) in [5.74, 6) is 0.837. The first-order valence-corrected chi connectivity index (χ1v) is 6.70. The number of hydrogen-bond donors (Lipinski definition) is 1. The van der Waals surface area contributed by atoms with Gasteiger partial charge in [-0.2, -0.15) is 0 Å². The molecular formula is C14H22ClNO. The van der Waals surface area contributed by atoms with Crippen LogP contribution in [0.3, 0.4) is 0 Å². The summed E-state index contributed by atoms with van der Waals surface area (Å²) in [7, 11) is 0. The summed E-state index contributed by atoms with van der Waals surface area (Å²) < 4.78 is 5.92. The summed E-state index contributed by atoms with van der Waals surface area (Å²) in [6.07, 6.45) is 2.42. The van der Waals surface area contributed by atoms with Gasteiger partial charge in [0, 0.05) is 11.1 Å². The molecule has 17 heavy (non-hydrogen) atoms. The van der Waals surface area contributed by atoms with E-state index in [1.54, 1.807) is 0 Å². The Labute approximate surface area is 109 Å². The number of likely N-dealkylation sites (N-methyl/N-ethyl adjacent to an activating group) is 1. The van der Waals surface area contributed by atoms with Gasteiger partial charge in [0.05, 0.1) is 0 Å². The van der Waals surface area contributed by atoms with Crippen LogP contribution in [0.4, 0.5) is 0 Å². The molecule has 2 unspecified atom stereocenters. The van der Waals surface area contributed by atoms with Crippen LogP contribution in [-0.2, 0) is 0 Å². The standard InChI is InChI=1S/C14H22ClNO/c1-4-7-14(16-5-2)11(3)17-13-9-6-8-12(15)10-13/h6,8-11,14,16H,4-5,7H2,1-3H3. The number of hydrogen-bond acceptors (Lipinski definition) is 2. The van der Waals surface area contributed by atoms with Crippen molar-refractivity contribution < 1.29 is 4.74 Å². The second-order valence-electron chi connectivity index (χ2n) is 4.23. The molecule has 3 heteroatoms. The number of halogens is 1. The van der Waals surface area contributed by atoms with E-state index in [1.165, 1.54) is 0 Å². The van der Waals surface area contributed by atoms with Crippen LogP contribution >= 0.6 is 11.6 Å². The SMILES string of the molecule is CCCC(NCC)C(C)Oc1cccc(Cl)c1. The fraction of sp³-hybridized carbons (Fsp3) is 0.571. The monoisotopic (exact) mass is 255 g/mol. The summed E-state index contributed by atoms with van der Waals surface area (Å²) in [4.78, 5) is 0. The van der Waals surface area contributed by atoms with Gasteiger partial charge in [0.15, 0.2) is 0 Å². The number of ether oxygens (including phenoxy) is 1. The maximum Gasteiger partial charge on any atom is 0.121 e. The quantitative estimate of drug-likeness (QED) is 0.798. The molecule has 0 aliphatic heterocycles. The average Bonchev–Trinajstić information content (AvgIpc) is 2.28. The third-order valence-corrected chi connectivity index (χ3v) is 2.99. The molecule has 0 amide bonds. The fourth-order valence-corrected chi connectivity index (χ4v) is 2.09. The largest absolute Gasteiger partial charge is 0.489 e. The van der Waals surface area contributed by atoms with Crippen molar-refractivity contribution in [3.63, 3.8) is 0 Å². The van der Waals surface area contributed by atoms with Crippen LogP contribution in [0.5, 0.6) is 5.75 Å². The molecule has 0 fully saturated rings. The first kappa shape index (κ1) is 14.3. The van der Waals surface area contributed by atoms with E-state index in [-0.39, 0.29) is 6.10 Å². The van der Waals surface area contributed by atoms with E-state index in [2.05, 4.69) is 26.1 Å². The molecule has 2 atom stereocenters. The van der Waals surface area contributed by atoms with Gasteiger partial charge in [0.25, 0.3) is 0 Å². The molecule has 1 rings (SSSR count). The van der Waals surface area contributed by atoms with Crippen LogP contribution in [0.1, 0.15) is 33.6 Å². The number of benzene rings is 1. The summed E-state index contributed by atoms with van der Waals surface area (Å²) in [6, 6.07) is 7.95. The highest BCUT2D eigenvalue weighted by Gasteiger charge is 2.16. The zero-order chi connectivity index (χ0) is 12.7. The summed E-state index contributed by atoms with van der Waals surface area (Å²) >= 11 is 5.93. The second-order valence-corrected chi connectivity index (χ2v) is 4.67. The van der Waals surface area contributed by atoms with Crippen molar-refractivity contribution in [1.29, 1.82) is 0 Å². The number of rotatable bonds is 7. The molecule has 96 valence electrons. The van der Waals surface area contributed by atoms with Crippen molar-refractivity contribution in [2.75, 3.05) is 6.54 Å². The molecule has 2 nitrogen and oxygen atoms in total. The lowest BCUT2D eigenvalue weighted by atomic mass is 10.1. The molecule has 0 saturated carbocycles. The van der Waals surface area contributed by atoms with Gasteiger partial charge < -0.3 is 10.1 Å². The van der Waals surface area contributed by atoms with E-state index in [4.69, 9.17) is 16.3 Å².